The fourth-order valence-corrected chi connectivity index (χ4v) is 1.34. The predicted molar refractivity (Wildman–Crippen MR) is 61.4 cm³/mol. The summed E-state index contributed by atoms with van der Waals surface area (Å²) in [4.78, 5) is 11.7. The Labute approximate surface area is 92.2 Å². The predicted octanol–water partition coefficient (Wildman–Crippen LogP) is 0.637. The van der Waals surface area contributed by atoms with Crippen molar-refractivity contribution in [2.75, 3.05) is 6.61 Å². The first kappa shape index (κ1) is 14.4. The van der Waals surface area contributed by atoms with E-state index in [0.29, 0.717) is 12.8 Å². The lowest BCUT2D eigenvalue weighted by Crippen LogP contribution is -2.56. The zero-order valence-corrected chi connectivity index (χ0v) is 10.2. The molecule has 15 heavy (non-hydrogen) atoms. The summed E-state index contributed by atoms with van der Waals surface area (Å²) in [5.74, 6) is -0.0714. The fraction of sp³-hybridized carbons (Fsp3) is 0.909. The normalized spacial score (nSPS) is 14.1. The van der Waals surface area contributed by atoms with Crippen LogP contribution in [0.1, 0.15) is 40.5 Å². The van der Waals surface area contributed by atoms with Gasteiger partial charge in [0, 0.05) is 0 Å². The number of amides is 1. The number of hydrogen-bond donors (Lipinski definition) is 3. The van der Waals surface area contributed by atoms with E-state index in [1.54, 1.807) is 0 Å². The Morgan fingerprint density at radius 3 is 2.13 bits per heavy atom. The van der Waals surface area contributed by atoms with Gasteiger partial charge < -0.3 is 16.2 Å². The van der Waals surface area contributed by atoms with Crippen molar-refractivity contribution in [2.45, 2.75) is 52.1 Å². The van der Waals surface area contributed by atoms with Crippen LogP contribution in [0.4, 0.5) is 0 Å². The first-order valence-electron chi connectivity index (χ1n) is 5.61. The summed E-state index contributed by atoms with van der Waals surface area (Å²) in [6.45, 7) is 7.66. The van der Waals surface area contributed by atoms with Gasteiger partial charge in [-0.1, -0.05) is 27.7 Å². The van der Waals surface area contributed by atoms with Gasteiger partial charge in [-0.3, -0.25) is 4.79 Å². The minimum atomic E-state index is -0.510. The average molecular weight is 216 g/mol. The smallest absolute Gasteiger partial charge is 0.237 e. The maximum Gasteiger partial charge on any atom is 0.237 e. The largest absolute Gasteiger partial charge is 0.394 e. The molecule has 0 aromatic rings. The summed E-state index contributed by atoms with van der Waals surface area (Å²) in [5.41, 5.74) is 5.23. The Morgan fingerprint density at radius 1 is 1.40 bits per heavy atom. The van der Waals surface area contributed by atoms with Gasteiger partial charge in [0.1, 0.15) is 0 Å². The fourth-order valence-electron chi connectivity index (χ4n) is 1.34. The van der Waals surface area contributed by atoms with Crippen LogP contribution in [0.2, 0.25) is 0 Å². The van der Waals surface area contributed by atoms with Gasteiger partial charge in [-0.25, -0.2) is 0 Å². The minimum absolute atomic E-state index is 0.0451. The Hall–Kier alpha value is -0.610. The molecule has 0 radical (unpaired) electrons. The SMILES string of the molecule is CCC(CC)(CO)NC(=O)[C@@H](N)C(C)C. The molecule has 0 aromatic carbocycles. The number of aliphatic hydroxyl groups is 1. The second kappa shape index (κ2) is 6.08. The highest BCUT2D eigenvalue weighted by atomic mass is 16.3. The lowest BCUT2D eigenvalue weighted by atomic mass is 9.92. The van der Waals surface area contributed by atoms with E-state index in [1.165, 1.54) is 0 Å². The standard InChI is InChI=1S/C11H24N2O2/c1-5-11(6-2,7-14)13-10(15)9(12)8(3)4/h8-9,14H,5-7,12H2,1-4H3,(H,13,15)/t9-/m0/s1. The summed E-state index contributed by atoms with van der Waals surface area (Å²) < 4.78 is 0. The van der Waals surface area contributed by atoms with Crippen molar-refractivity contribution >= 4 is 5.91 Å². The Balaban J connectivity index is 4.48. The summed E-state index contributed by atoms with van der Waals surface area (Å²) >= 11 is 0. The van der Waals surface area contributed by atoms with Crippen molar-refractivity contribution in [3.8, 4) is 0 Å². The molecule has 0 saturated carbocycles. The molecule has 0 saturated heterocycles. The van der Waals surface area contributed by atoms with Crippen molar-refractivity contribution in [3.63, 3.8) is 0 Å². The molecule has 4 heteroatoms. The Kier molecular flexibility index (Phi) is 5.83. The number of nitrogens with one attached hydrogen (secondary N) is 1. The first-order chi connectivity index (χ1) is 6.92. The lowest BCUT2D eigenvalue weighted by molar-refractivity contribution is -0.126. The molecule has 4 nitrogen and oxygen atoms in total. The van der Waals surface area contributed by atoms with Gasteiger partial charge in [0.15, 0.2) is 0 Å². The van der Waals surface area contributed by atoms with Gasteiger partial charge >= 0.3 is 0 Å². The molecule has 1 amide bonds. The number of aliphatic hydroxyl groups excluding tert-OH is 1. The number of rotatable bonds is 6. The molecule has 90 valence electrons. The van der Waals surface area contributed by atoms with E-state index in [4.69, 9.17) is 5.73 Å². The van der Waals surface area contributed by atoms with E-state index >= 15 is 0 Å². The van der Waals surface area contributed by atoms with E-state index in [0.717, 1.165) is 0 Å². The maximum absolute atomic E-state index is 11.7. The Bertz CT molecular complexity index is 192. The molecule has 0 aromatic heterocycles. The molecule has 1 atom stereocenters. The van der Waals surface area contributed by atoms with Crippen LogP contribution in [0.15, 0.2) is 0 Å². The number of nitrogens with two attached hydrogens (primary N) is 1. The summed E-state index contributed by atoms with van der Waals surface area (Å²) in [6.07, 6.45) is 1.41. The van der Waals surface area contributed by atoms with E-state index in [9.17, 15) is 9.90 Å². The van der Waals surface area contributed by atoms with Gasteiger partial charge in [0.25, 0.3) is 0 Å². The molecule has 4 N–H and O–H groups in total. The second-order valence-electron chi connectivity index (χ2n) is 4.40. The molecule has 0 rings (SSSR count). The van der Waals surface area contributed by atoms with Crippen molar-refractivity contribution in [3.05, 3.63) is 0 Å². The molecule has 0 aliphatic carbocycles. The van der Waals surface area contributed by atoms with Crippen LogP contribution in [0.3, 0.4) is 0 Å². The van der Waals surface area contributed by atoms with Crippen LogP contribution in [0, 0.1) is 5.92 Å². The van der Waals surface area contributed by atoms with Crippen molar-refractivity contribution in [1.82, 2.24) is 5.32 Å². The summed E-state index contributed by atoms with van der Waals surface area (Å²) in [7, 11) is 0. The molecule has 0 aliphatic rings. The van der Waals surface area contributed by atoms with Gasteiger partial charge in [-0.2, -0.15) is 0 Å². The molecular formula is C11H24N2O2. The van der Waals surface area contributed by atoms with Crippen LogP contribution in [0.25, 0.3) is 0 Å². The number of hydrogen-bond acceptors (Lipinski definition) is 3. The highest BCUT2D eigenvalue weighted by Gasteiger charge is 2.29. The third-order valence-electron chi connectivity index (χ3n) is 3.07. The van der Waals surface area contributed by atoms with E-state index < -0.39 is 11.6 Å². The van der Waals surface area contributed by atoms with Gasteiger partial charge in [0.05, 0.1) is 18.2 Å². The molecule has 0 fully saturated rings. The third kappa shape index (κ3) is 3.80. The highest BCUT2D eigenvalue weighted by Crippen LogP contribution is 2.14. The van der Waals surface area contributed by atoms with Crippen LogP contribution in [-0.4, -0.2) is 29.2 Å². The van der Waals surface area contributed by atoms with Crippen LogP contribution in [0.5, 0.6) is 0 Å². The lowest BCUT2D eigenvalue weighted by Gasteiger charge is -2.32. The molecular weight excluding hydrogens is 192 g/mol. The van der Waals surface area contributed by atoms with Crippen LogP contribution in [-0.2, 0) is 4.79 Å². The minimum Gasteiger partial charge on any atom is -0.394 e. The zero-order valence-electron chi connectivity index (χ0n) is 10.2. The topological polar surface area (TPSA) is 75.3 Å². The number of carbonyl (C=O) groups excluding carboxylic acids is 1. The summed E-state index contributed by atoms with van der Waals surface area (Å²) in [6, 6.07) is -0.506. The monoisotopic (exact) mass is 216 g/mol. The van der Waals surface area contributed by atoms with Gasteiger partial charge in [-0.15, -0.1) is 0 Å². The van der Waals surface area contributed by atoms with Gasteiger partial charge in [-0.05, 0) is 18.8 Å². The second-order valence-corrected chi connectivity index (χ2v) is 4.40. The molecule has 0 bridgehead atoms. The maximum atomic E-state index is 11.7. The average Bonchev–Trinajstić information content (AvgIpc) is 2.24. The Morgan fingerprint density at radius 2 is 1.87 bits per heavy atom. The van der Waals surface area contributed by atoms with Crippen molar-refractivity contribution in [2.24, 2.45) is 11.7 Å². The molecule has 0 unspecified atom stereocenters. The van der Waals surface area contributed by atoms with Gasteiger partial charge in [0.2, 0.25) is 5.91 Å². The van der Waals surface area contributed by atoms with Crippen LogP contribution < -0.4 is 11.1 Å². The van der Waals surface area contributed by atoms with Crippen LogP contribution >= 0.6 is 0 Å². The first-order valence-corrected chi connectivity index (χ1v) is 5.61. The van der Waals surface area contributed by atoms with Crippen molar-refractivity contribution in [1.29, 1.82) is 0 Å². The number of carbonyl (C=O) groups is 1. The van der Waals surface area contributed by atoms with E-state index in [1.807, 2.05) is 27.7 Å². The molecule has 0 aliphatic heterocycles. The van der Waals surface area contributed by atoms with E-state index in [2.05, 4.69) is 5.32 Å². The highest BCUT2D eigenvalue weighted by molar-refractivity contribution is 5.82. The summed E-state index contributed by atoms with van der Waals surface area (Å²) in [5, 5.41) is 12.1. The van der Waals surface area contributed by atoms with Crippen molar-refractivity contribution < 1.29 is 9.90 Å². The quantitative estimate of drug-likeness (QED) is 0.610. The van der Waals surface area contributed by atoms with E-state index in [-0.39, 0.29) is 18.4 Å². The molecule has 0 spiro atoms. The third-order valence-corrected chi connectivity index (χ3v) is 3.07. The zero-order chi connectivity index (χ0) is 12.1. The molecule has 0 heterocycles.